The van der Waals surface area contributed by atoms with E-state index in [0.717, 1.165) is 5.57 Å². The number of carbonyl (C=O) groups excluding carboxylic acids is 1. The SMILES string of the molecule is C[C@]1(CO)CC[C@]2(C(=O)O)CC[C@]3(C)C(=CC[C@@H]4[C@@]5(C)[C@H]([C@@H]6C=C[C@](CC[C@@H](N)O)(c7cnc[nH]7)[C@@H]7NC(=O)[C@@H](CO)[C@H]67)[C@@H](O)[C@@H](O[C@@H]6OC[C@@H](O)[C@H](O)[C@H]6O)[C@@](C)(CO)[C@H]5CC[C@]43C)[C@@H]2C1. The summed E-state index contributed by atoms with van der Waals surface area (Å²) in [6.45, 7) is 9.50. The Morgan fingerprint density at radius 2 is 1.72 bits per heavy atom. The number of fused-ring (bicyclic) bond motifs is 8. The quantitative estimate of drug-likeness (QED) is 0.0850. The minimum atomic E-state index is -1.68. The number of imidazole rings is 1. The van der Waals surface area contributed by atoms with Crippen LogP contribution in [0.2, 0.25) is 0 Å². The van der Waals surface area contributed by atoms with Crippen LogP contribution in [-0.2, 0) is 24.5 Å². The van der Waals surface area contributed by atoms with Gasteiger partial charge in [-0.05, 0) is 115 Å². The second-order valence-electron chi connectivity index (χ2n) is 23.7. The average Bonchev–Trinajstić information content (AvgIpc) is 3.96. The number of aromatic amines is 1. The van der Waals surface area contributed by atoms with E-state index in [9.17, 15) is 55.5 Å². The van der Waals surface area contributed by atoms with Gasteiger partial charge in [0.25, 0.3) is 0 Å². The Bertz CT molecular complexity index is 2110. The van der Waals surface area contributed by atoms with E-state index in [4.69, 9.17) is 15.2 Å². The first-order valence-corrected chi connectivity index (χ1v) is 24.8. The van der Waals surface area contributed by atoms with E-state index >= 15 is 0 Å². The number of allylic oxidation sites excluding steroid dienone is 3. The molecule has 2 saturated heterocycles. The van der Waals surface area contributed by atoms with Crippen molar-refractivity contribution in [1.29, 1.82) is 0 Å². The maximum atomic E-state index is 14.3. The number of aromatic nitrogens is 2. The van der Waals surface area contributed by atoms with Crippen molar-refractivity contribution in [1.82, 2.24) is 15.3 Å². The molecule has 67 heavy (non-hydrogen) atoms. The molecule has 2 aliphatic heterocycles. The fourth-order valence-corrected chi connectivity index (χ4v) is 17.1. The monoisotopic (exact) mass is 941 g/mol. The van der Waals surface area contributed by atoms with Gasteiger partial charge in [-0.15, -0.1) is 0 Å². The van der Waals surface area contributed by atoms with Gasteiger partial charge in [-0.3, -0.25) is 9.59 Å². The molecule has 0 bridgehead atoms. The number of rotatable bonds is 11. The fraction of sp³-hybridized carbons (Fsp3) is 0.820. The predicted octanol–water partition coefficient (Wildman–Crippen LogP) is 1.47. The number of carboxylic acids is 1. The number of H-pyrrole nitrogens is 1. The van der Waals surface area contributed by atoms with Crippen LogP contribution in [-0.4, -0.2) is 143 Å². The maximum absolute atomic E-state index is 14.3. The highest BCUT2D eigenvalue weighted by atomic mass is 16.7. The Morgan fingerprint density at radius 1 is 0.985 bits per heavy atom. The normalized spacial score (nSPS) is 51.9. The smallest absolute Gasteiger partial charge is 0.310 e. The van der Waals surface area contributed by atoms with E-state index in [1.165, 1.54) is 0 Å². The summed E-state index contributed by atoms with van der Waals surface area (Å²) < 4.78 is 12.5. The van der Waals surface area contributed by atoms with E-state index < -0.39 is 130 Å². The Kier molecular flexibility index (Phi) is 12.4. The number of hydrogen-bond acceptors (Lipinski definition) is 14. The van der Waals surface area contributed by atoms with E-state index in [2.05, 4.69) is 49.1 Å². The molecular weight excluding hydrogens is 865 g/mol. The zero-order chi connectivity index (χ0) is 48.4. The van der Waals surface area contributed by atoms with Crippen molar-refractivity contribution in [3.8, 4) is 0 Å². The summed E-state index contributed by atoms with van der Waals surface area (Å²) in [5, 5.41) is 104. The first kappa shape index (κ1) is 49.2. The summed E-state index contributed by atoms with van der Waals surface area (Å²) in [5.74, 6) is -4.85. The number of aliphatic hydroxyl groups is 8. The van der Waals surface area contributed by atoms with Gasteiger partial charge in [-0.1, -0.05) is 58.4 Å². The van der Waals surface area contributed by atoms with Crippen molar-refractivity contribution in [2.75, 3.05) is 26.4 Å². The average molecular weight is 941 g/mol. The lowest BCUT2D eigenvalue weighted by Gasteiger charge is -2.74. The van der Waals surface area contributed by atoms with Crippen LogP contribution in [0.1, 0.15) is 105 Å². The standard InChI is InChI=1S/C50H76N4O13/c1-44(22-56)14-16-49(43(64)65)17-15-46(3)27(28(49)18-44)6-7-31-47(46,4)11-9-30-45(2,23-57)40(67-42-38(62)36(60)29(58)21-66-42)37(61)35(48(30,31)5)25-8-12-50(13-10-33(51)59,32-19-52-24-53-32)39-34(25)26(20-55)41(63)54-39/h6,8,12,19,24-26,28-31,33-40,42,55-62H,7,9-11,13-18,20-23,51H2,1-5H3,(H,52,53)(H,54,63)(H,64,65)/t25-,26+,28+,29-,30-,31+,33+,34+,35-,36+,37-,38-,39-,40-,42+,44+,45+,46-,47-,48+,49+,50+/m1/s1. The summed E-state index contributed by atoms with van der Waals surface area (Å²) in [7, 11) is 0. The summed E-state index contributed by atoms with van der Waals surface area (Å²) in [4.78, 5) is 35.3. The molecule has 0 unspecified atom stereocenters. The summed E-state index contributed by atoms with van der Waals surface area (Å²) in [5.41, 5.74) is 2.47. The van der Waals surface area contributed by atoms with Crippen LogP contribution in [0.5, 0.6) is 0 Å². The van der Waals surface area contributed by atoms with Gasteiger partial charge in [0.1, 0.15) is 24.5 Å². The molecule has 9 rings (SSSR count). The van der Waals surface area contributed by atoms with Crippen molar-refractivity contribution in [2.45, 2.75) is 153 Å². The van der Waals surface area contributed by atoms with Crippen molar-refractivity contribution in [2.24, 2.45) is 79.6 Å². The van der Waals surface area contributed by atoms with E-state index in [1.807, 2.05) is 19.1 Å². The molecule has 3 heterocycles. The van der Waals surface area contributed by atoms with E-state index in [-0.39, 0.29) is 43.3 Å². The van der Waals surface area contributed by atoms with Crippen LogP contribution >= 0.6 is 0 Å². The highest BCUT2D eigenvalue weighted by Crippen LogP contribution is 2.78. The molecule has 17 nitrogen and oxygen atoms in total. The molecule has 0 spiro atoms. The minimum Gasteiger partial charge on any atom is -0.481 e. The Labute approximate surface area is 392 Å². The van der Waals surface area contributed by atoms with Gasteiger partial charge >= 0.3 is 5.97 Å². The van der Waals surface area contributed by atoms with Gasteiger partial charge in [0.15, 0.2) is 6.29 Å². The lowest BCUT2D eigenvalue weighted by molar-refractivity contribution is -0.343. The first-order chi connectivity index (χ1) is 31.6. The Balaban J connectivity index is 1.23. The summed E-state index contributed by atoms with van der Waals surface area (Å²) >= 11 is 0. The van der Waals surface area contributed by atoms with Gasteiger partial charge in [0.05, 0.1) is 55.1 Å². The molecule has 1 amide bonds. The predicted molar refractivity (Wildman–Crippen MR) is 241 cm³/mol. The van der Waals surface area contributed by atoms with Crippen molar-refractivity contribution in [3.63, 3.8) is 0 Å². The van der Waals surface area contributed by atoms with Crippen LogP contribution in [0.3, 0.4) is 0 Å². The second-order valence-corrected chi connectivity index (χ2v) is 23.7. The molecule has 8 aliphatic rings. The van der Waals surface area contributed by atoms with Crippen LogP contribution < -0.4 is 11.1 Å². The largest absolute Gasteiger partial charge is 0.481 e. The molecule has 4 saturated carbocycles. The lowest BCUT2D eigenvalue weighted by Crippen LogP contribution is -2.74. The number of aliphatic hydroxyl groups excluding tert-OH is 8. The molecule has 1 aromatic heterocycles. The molecule has 374 valence electrons. The molecular formula is C50H76N4O13. The van der Waals surface area contributed by atoms with Gasteiger partial charge in [-0.2, -0.15) is 0 Å². The zero-order valence-corrected chi connectivity index (χ0v) is 39.6. The van der Waals surface area contributed by atoms with Crippen LogP contribution in [0.4, 0.5) is 0 Å². The molecule has 13 N–H and O–H groups in total. The van der Waals surface area contributed by atoms with Crippen molar-refractivity contribution >= 4 is 11.9 Å². The third-order valence-electron chi connectivity index (χ3n) is 21.0. The minimum absolute atomic E-state index is 0.0361. The number of nitrogens with one attached hydrogen (secondary N) is 2. The number of aliphatic carboxylic acids is 1. The highest BCUT2D eigenvalue weighted by molar-refractivity contribution is 5.83. The number of hydrogen-bond donors (Lipinski definition) is 12. The highest BCUT2D eigenvalue weighted by Gasteiger charge is 2.75. The lowest BCUT2D eigenvalue weighted by atomic mass is 9.31. The third-order valence-corrected chi connectivity index (χ3v) is 21.0. The summed E-state index contributed by atoms with van der Waals surface area (Å²) in [6.07, 6.45) is 4.80. The van der Waals surface area contributed by atoms with Crippen molar-refractivity contribution in [3.05, 3.63) is 42.0 Å². The number of nitrogens with two attached hydrogens (primary N) is 1. The Hall–Kier alpha value is -2.81. The van der Waals surface area contributed by atoms with Crippen LogP contribution in [0.25, 0.3) is 0 Å². The van der Waals surface area contributed by atoms with Gasteiger partial charge in [0, 0.05) is 35.9 Å². The van der Waals surface area contributed by atoms with Gasteiger partial charge in [0.2, 0.25) is 5.91 Å². The number of amides is 1. The number of carbonyl (C=O) groups is 2. The van der Waals surface area contributed by atoms with Crippen LogP contribution in [0, 0.1) is 73.9 Å². The molecule has 0 aromatic carbocycles. The number of ether oxygens (including phenoxy) is 2. The zero-order valence-electron chi connectivity index (χ0n) is 39.6. The topological polar surface area (TPSA) is 301 Å². The second kappa shape index (κ2) is 16.9. The number of nitrogens with zero attached hydrogens (tertiary/aromatic N) is 1. The number of carboxylic acid groups (broad SMARTS) is 1. The molecule has 6 aliphatic carbocycles. The molecule has 1 aromatic rings. The Morgan fingerprint density at radius 3 is 2.36 bits per heavy atom. The van der Waals surface area contributed by atoms with E-state index in [1.54, 1.807) is 12.5 Å². The molecule has 6 fully saturated rings. The van der Waals surface area contributed by atoms with E-state index in [0.29, 0.717) is 63.5 Å². The maximum Gasteiger partial charge on any atom is 0.310 e. The fourth-order valence-electron chi connectivity index (χ4n) is 17.1. The molecule has 17 heteroatoms. The molecule has 0 radical (unpaired) electrons. The molecule has 22 atom stereocenters. The van der Waals surface area contributed by atoms with Gasteiger partial charge < -0.3 is 71.5 Å². The first-order valence-electron chi connectivity index (χ1n) is 24.8. The van der Waals surface area contributed by atoms with Crippen LogP contribution in [0.15, 0.2) is 36.3 Å². The van der Waals surface area contributed by atoms with Crippen molar-refractivity contribution < 1.29 is 65.0 Å². The van der Waals surface area contributed by atoms with Gasteiger partial charge in [-0.25, -0.2) is 4.98 Å². The summed E-state index contributed by atoms with van der Waals surface area (Å²) in [6, 6.07) is -0.661. The third kappa shape index (κ3) is 6.82.